The van der Waals surface area contributed by atoms with E-state index in [0.29, 0.717) is 0 Å². The second-order valence-corrected chi connectivity index (χ2v) is 4.81. The molecular weight excluding hydrogens is 271 g/mol. The summed E-state index contributed by atoms with van der Waals surface area (Å²) >= 11 is 0. The van der Waals surface area contributed by atoms with Gasteiger partial charge in [-0.3, -0.25) is 13.8 Å². The number of phosphoric ester groups is 1. The normalized spacial score (nSPS) is 17.8. The highest BCUT2D eigenvalue weighted by Crippen LogP contribution is 2.43. The van der Waals surface area contributed by atoms with Crippen molar-refractivity contribution in [3.63, 3.8) is 0 Å². The molecular formula is C8H17O9P. The van der Waals surface area contributed by atoms with Crippen LogP contribution in [-0.4, -0.2) is 64.8 Å². The van der Waals surface area contributed by atoms with Gasteiger partial charge < -0.3 is 24.9 Å². The van der Waals surface area contributed by atoms with Gasteiger partial charge in [0.05, 0.1) is 19.8 Å². The summed E-state index contributed by atoms with van der Waals surface area (Å²) in [5, 5.41) is 26.5. The quantitative estimate of drug-likeness (QED) is 0.291. The van der Waals surface area contributed by atoms with Crippen LogP contribution in [0, 0.1) is 0 Å². The van der Waals surface area contributed by atoms with Gasteiger partial charge in [0.1, 0.15) is 18.8 Å². The second kappa shape index (κ2) is 8.54. The first kappa shape index (κ1) is 17.5. The van der Waals surface area contributed by atoms with Crippen LogP contribution in [0.25, 0.3) is 0 Å². The lowest BCUT2D eigenvalue weighted by Crippen LogP contribution is -2.23. The van der Waals surface area contributed by atoms with E-state index in [1.165, 1.54) is 0 Å². The monoisotopic (exact) mass is 288 g/mol. The maximum absolute atomic E-state index is 11.2. The SMILES string of the molecule is CC(=O)OC[C@@H](O)COP(=O)(O)OCC(O)CO. The van der Waals surface area contributed by atoms with Crippen molar-refractivity contribution in [1.29, 1.82) is 0 Å². The van der Waals surface area contributed by atoms with Gasteiger partial charge in [-0.1, -0.05) is 0 Å². The Balaban J connectivity index is 3.87. The van der Waals surface area contributed by atoms with Gasteiger partial charge in [0, 0.05) is 6.92 Å². The number of esters is 1. The van der Waals surface area contributed by atoms with Crippen molar-refractivity contribution < 1.29 is 43.4 Å². The van der Waals surface area contributed by atoms with Gasteiger partial charge in [0.2, 0.25) is 0 Å². The first-order valence-electron chi connectivity index (χ1n) is 4.99. The largest absolute Gasteiger partial charge is 0.472 e. The van der Waals surface area contributed by atoms with Crippen LogP contribution >= 0.6 is 7.82 Å². The number of hydrogen-bond donors (Lipinski definition) is 4. The molecule has 0 aromatic heterocycles. The molecule has 0 aromatic carbocycles. The third-order valence-electron chi connectivity index (χ3n) is 1.55. The lowest BCUT2D eigenvalue weighted by Gasteiger charge is -2.16. The fraction of sp³-hybridized carbons (Fsp3) is 0.875. The van der Waals surface area contributed by atoms with E-state index in [1.54, 1.807) is 0 Å². The van der Waals surface area contributed by atoms with Crippen molar-refractivity contribution in [3.05, 3.63) is 0 Å². The average Bonchev–Trinajstić information content (AvgIpc) is 2.31. The van der Waals surface area contributed by atoms with Crippen molar-refractivity contribution in [2.75, 3.05) is 26.4 Å². The van der Waals surface area contributed by atoms with Crippen LogP contribution in [0.2, 0.25) is 0 Å². The number of hydrogen-bond acceptors (Lipinski definition) is 8. The lowest BCUT2D eigenvalue weighted by molar-refractivity contribution is -0.144. The summed E-state index contributed by atoms with van der Waals surface area (Å²) in [6, 6.07) is 0. The van der Waals surface area contributed by atoms with Crippen molar-refractivity contribution in [2.45, 2.75) is 19.1 Å². The summed E-state index contributed by atoms with van der Waals surface area (Å²) < 4.78 is 24.3. The molecule has 0 saturated carbocycles. The zero-order valence-corrected chi connectivity index (χ0v) is 10.7. The second-order valence-electron chi connectivity index (χ2n) is 3.35. The number of phosphoric acid groups is 1. The van der Waals surface area contributed by atoms with Crippen LogP contribution in [0.5, 0.6) is 0 Å². The van der Waals surface area contributed by atoms with Gasteiger partial charge in [0.25, 0.3) is 0 Å². The van der Waals surface area contributed by atoms with E-state index >= 15 is 0 Å². The number of ether oxygens (including phenoxy) is 1. The van der Waals surface area contributed by atoms with E-state index in [1.807, 2.05) is 0 Å². The van der Waals surface area contributed by atoms with Gasteiger partial charge in [-0.2, -0.15) is 0 Å². The molecule has 0 aromatic rings. The Morgan fingerprint density at radius 2 is 1.67 bits per heavy atom. The van der Waals surface area contributed by atoms with Gasteiger partial charge in [-0.05, 0) is 0 Å². The number of rotatable bonds is 9. The maximum atomic E-state index is 11.2. The molecule has 3 atom stereocenters. The smallest absolute Gasteiger partial charge is 0.463 e. The maximum Gasteiger partial charge on any atom is 0.472 e. The van der Waals surface area contributed by atoms with Gasteiger partial charge in [-0.15, -0.1) is 0 Å². The fourth-order valence-corrected chi connectivity index (χ4v) is 1.51. The zero-order valence-electron chi connectivity index (χ0n) is 9.76. The van der Waals surface area contributed by atoms with Crippen LogP contribution < -0.4 is 0 Å². The Kier molecular flexibility index (Phi) is 8.29. The highest BCUT2D eigenvalue weighted by molar-refractivity contribution is 7.47. The number of aliphatic hydroxyl groups excluding tert-OH is 3. The average molecular weight is 288 g/mol. The topological polar surface area (TPSA) is 143 Å². The van der Waals surface area contributed by atoms with Crippen LogP contribution in [0.4, 0.5) is 0 Å². The van der Waals surface area contributed by atoms with Crippen molar-refractivity contribution in [3.8, 4) is 0 Å². The summed E-state index contributed by atoms with van der Waals surface area (Å²) in [7, 11) is -4.43. The Bertz CT molecular complexity index is 294. The predicted molar refractivity (Wildman–Crippen MR) is 57.5 cm³/mol. The standard InChI is InChI=1S/C8H17O9P/c1-6(10)15-3-8(12)5-17-18(13,14)16-4-7(11)2-9/h7-9,11-12H,2-5H2,1H3,(H,13,14)/t7?,8-/m1/s1. The summed E-state index contributed by atoms with van der Waals surface area (Å²) in [6.45, 7) is -1.05. The molecule has 10 heteroatoms. The first-order chi connectivity index (χ1) is 8.26. The summed E-state index contributed by atoms with van der Waals surface area (Å²) in [5.74, 6) is -0.608. The highest BCUT2D eigenvalue weighted by Gasteiger charge is 2.24. The van der Waals surface area contributed by atoms with E-state index in [9.17, 15) is 14.5 Å². The molecule has 0 aliphatic rings. The van der Waals surface area contributed by atoms with Gasteiger partial charge >= 0.3 is 13.8 Å². The Labute approximate surface area is 104 Å². The van der Waals surface area contributed by atoms with Crippen molar-refractivity contribution in [2.24, 2.45) is 0 Å². The van der Waals surface area contributed by atoms with Gasteiger partial charge in [0.15, 0.2) is 0 Å². The van der Waals surface area contributed by atoms with Crippen LogP contribution in [-0.2, 0) is 23.1 Å². The molecule has 0 saturated heterocycles. The molecule has 0 aliphatic heterocycles. The lowest BCUT2D eigenvalue weighted by atomic mass is 10.4. The molecule has 0 fully saturated rings. The minimum atomic E-state index is -4.43. The number of aliphatic hydroxyl groups is 3. The van der Waals surface area contributed by atoms with Crippen LogP contribution in [0.15, 0.2) is 0 Å². The summed E-state index contributed by atoms with van der Waals surface area (Å²) in [4.78, 5) is 19.5. The predicted octanol–water partition coefficient (Wildman–Crippen LogP) is -1.60. The van der Waals surface area contributed by atoms with E-state index in [-0.39, 0.29) is 6.61 Å². The molecule has 0 radical (unpaired) electrons. The van der Waals surface area contributed by atoms with E-state index in [2.05, 4.69) is 13.8 Å². The van der Waals surface area contributed by atoms with Crippen LogP contribution in [0.1, 0.15) is 6.92 Å². The molecule has 4 N–H and O–H groups in total. The molecule has 108 valence electrons. The minimum Gasteiger partial charge on any atom is -0.463 e. The number of carbonyl (C=O) groups is 1. The minimum absolute atomic E-state index is 0.380. The Hall–Kier alpha value is -0.540. The third kappa shape index (κ3) is 9.49. The Morgan fingerprint density at radius 1 is 1.17 bits per heavy atom. The number of carbonyl (C=O) groups excluding carboxylic acids is 1. The molecule has 0 aliphatic carbocycles. The van der Waals surface area contributed by atoms with Crippen molar-refractivity contribution >= 4 is 13.8 Å². The molecule has 18 heavy (non-hydrogen) atoms. The summed E-state index contributed by atoms with van der Waals surface area (Å²) in [6.07, 6.45) is -2.58. The van der Waals surface area contributed by atoms with Crippen molar-refractivity contribution in [1.82, 2.24) is 0 Å². The molecule has 0 amide bonds. The van der Waals surface area contributed by atoms with Gasteiger partial charge in [-0.25, -0.2) is 4.57 Å². The molecule has 0 rings (SSSR count). The van der Waals surface area contributed by atoms with E-state index in [0.717, 1.165) is 6.92 Å². The summed E-state index contributed by atoms with van der Waals surface area (Å²) in [5.41, 5.74) is 0. The molecule has 2 unspecified atom stereocenters. The molecule has 9 nitrogen and oxygen atoms in total. The first-order valence-corrected chi connectivity index (χ1v) is 6.48. The van der Waals surface area contributed by atoms with Crippen LogP contribution in [0.3, 0.4) is 0 Å². The molecule has 0 heterocycles. The van der Waals surface area contributed by atoms with E-state index < -0.39 is 45.8 Å². The molecule has 0 spiro atoms. The van der Waals surface area contributed by atoms with E-state index in [4.69, 9.17) is 15.1 Å². The third-order valence-corrected chi connectivity index (χ3v) is 2.50. The zero-order chi connectivity index (χ0) is 14.2. The fourth-order valence-electron chi connectivity index (χ4n) is 0.712. The molecule has 0 bridgehead atoms. The highest BCUT2D eigenvalue weighted by atomic mass is 31.2. The Morgan fingerprint density at radius 3 is 2.11 bits per heavy atom.